The number of esters is 1. The number of carbonyl (C=O) groups is 1. The van der Waals surface area contributed by atoms with Gasteiger partial charge in [-0.2, -0.15) is 0 Å². The first kappa shape index (κ1) is 14.4. The average molecular weight is 320 g/mol. The van der Waals surface area contributed by atoms with Gasteiger partial charge in [0.15, 0.2) is 6.61 Å². The molecule has 0 amide bonds. The first-order valence-corrected chi connectivity index (χ1v) is 7.20. The molecule has 0 aliphatic carbocycles. The third kappa shape index (κ3) is 2.39. The molecule has 3 rings (SSSR count). The smallest absolute Gasteiger partial charge is 0.349 e. The van der Waals surface area contributed by atoms with E-state index in [9.17, 15) is 9.59 Å². The molecule has 0 aliphatic heterocycles. The fraction of sp³-hybridized carbons (Fsp3) is 0.308. The van der Waals surface area contributed by atoms with Gasteiger partial charge < -0.3 is 13.7 Å². The number of aryl methyl sites for hydroxylation is 3. The highest BCUT2D eigenvalue weighted by Crippen LogP contribution is 2.27. The summed E-state index contributed by atoms with van der Waals surface area (Å²) < 4.78 is 11.7. The van der Waals surface area contributed by atoms with Crippen molar-refractivity contribution in [2.24, 2.45) is 7.05 Å². The highest BCUT2D eigenvalue weighted by atomic mass is 32.1. The molecule has 0 saturated heterocycles. The van der Waals surface area contributed by atoms with Gasteiger partial charge in [-0.15, -0.1) is 21.5 Å². The van der Waals surface area contributed by atoms with Crippen molar-refractivity contribution in [1.82, 2.24) is 19.7 Å². The molecule has 0 bridgehead atoms. The van der Waals surface area contributed by atoms with Crippen molar-refractivity contribution in [3.8, 4) is 0 Å². The molecule has 22 heavy (non-hydrogen) atoms. The molecule has 0 radical (unpaired) electrons. The van der Waals surface area contributed by atoms with Crippen LogP contribution in [0.15, 0.2) is 15.5 Å². The lowest BCUT2D eigenvalue weighted by molar-refractivity contribution is 0.0442. The number of nitrogens with zero attached hydrogens (tertiary/aromatic N) is 4. The molecule has 0 atom stereocenters. The van der Waals surface area contributed by atoms with Crippen molar-refractivity contribution >= 4 is 27.5 Å². The van der Waals surface area contributed by atoms with Gasteiger partial charge in [0.25, 0.3) is 11.4 Å². The lowest BCUT2D eigenvalue weighted by Crippen LogP contribution is -2.16. The van der Waals surface area contributed by atoms with E-state index in [1.807, 2.05) is 0 Å². The summed E-state index contributed by atoms with van der Waals surface area (Å²) >= 11 is 1.13. The number of hydrogen-bond donors (Lipinski definition) is 0. The maximum Gasteiger partial charge on any atom is 0.349 e. The number of ether oxygens (including phenoxy) is 1. The van der Waals surface area contributed by atoms with Crippen LogP contribution in [-0.2, 0) is 18.4 Å². The Morgan fingerprint density at radius 2 is 2.18 bits per heavy atom. The largest absolute Gasteiger partial charge is 0.451 e. The maximum absolute atomic E-state index is 12.2. The van der Waals surface area contributed by atoms with Gasteiger partial charge >= 0.3 is 5.97 Å². The zero-order valence-electron chi connectivity index (χ0n) is 12.1. The molecule has 0 N–H and O–H groups in total. The van der Waals surface area contributed by atoms with E-state index in [0.717, 1.165) is 11.3 Å². The van der Waals surface area contributed by atoms with Crippen molar-refractivity contribution in [2.75, 3.05) is 0 Å². The van der Waals surface area contributed by atoms with E-state index in [2.05, 4.69) is 15.2 Å². The van der Waals surface area contributed by atoms with Crippen LogP contribution in [0.5, 0.6) is 0 Å². The number of carbonyl (C=O) groups excluding carboxylic acids is 1. The van der Waals surface area contributed by atoms with Crippen LogP contribution in [0.1, 0.15) is 27.0 Å². The molecule has 3 aromatic rings. The van der Waals surface area contributed by atoms with Crippen molar-refractivity contribution < 1.29 is 13.9 Å². The van der Waals surface area contributed by atoms with E-state index in [1.165, 1.54) is 10.9 Å². The summed E-state index contributed by atoms with van der Waals surface area (Å²) in [4.78, 5) is 29.3. The minimum Gasteiger partial charge on any atom is -0.451 e. The van der Waals surface area contributed by atoms with E-state index in [0.29, 0.717) is 26.5 Å². The minimum absolute atomic E-state index is 0.112. The van der Waals surface area contributed by atoms with Gasteiger partial charge in [-0.1, -0.05) is 0 Å². The van der Waals surface area contributed by atoms with E-state index < -0.39 is 5.97 Å². The van der Waals surface area contributed by atoms with E-state index >= 15 is 0 Å². The van der Waals surface area contributed by atoms with Gasteiger partial charge in [-0.25, -0.2) is 9.78 Å². The lowest BCUT2D eigenvalue weighted by atomic mass is 10.2. The Morgan fingerprint density at radius 3 is 2.86 bits per heavy atom. The van der Waals surface area contributed by atoms with Crippen molar-refractivity contribution in [2.45, 2.75) is 20.5 Å². The van der Waals surface area contributed by atoms with Crippen LogP contribution in [0.4, 0.5) is 0 Å². The monoisotopic (exact) mass is 320 g/mol. The molecule has 0 unspecified atom stereocenters. The Hall–Kier alpha value is -2.55. The van der Waals surface area contributed by atoms with Crippen LogP contribution in [0.2, 0.25) is 0 Å². The molecule has 3 heterocycles. The normalized spacial score (nSPS) is 11.0. The standard InChI is InChI=1S/C13H12N4O4S/c1-6-9-11(14-5-17(3)12(9)18)22-10(6)13(19)20-4-8-16-15-7(2)21-8/h5H,4H2,1-3H3. The number of hydrogen-bond acceptors (Lipinski definition) is 8. The fourth-order valence-corrected chi connectivity index (χ4v) is 3.03. The van der Waals surface area contributed by atoms with Gasteiger partial charge in [0, 0.05) is 14.0 Å². The topological polar surface area (TPSA) is 100 Å². The second kappa shape index (κ2) is 5.34. The molecule has 114 valence electrons. The number of fused-ring (bicyclic) bond motifs is 1. The quantitative estimate of drug-likeness (QED) is 0.671. The molecule has 0 spiro atoms. The Balaban J connectivity index is 1.89. The maximum atomic E-state index is 12.2. The van der Waals surface area contributed by atoms with Gasteiger partial charge in [0.05, 0.1) is 11.7 Å². The fourth-order valence-electron chi connectivity index (χ4n) is 1.99. The van der Waals surface area contributed by atoms with Crippen molar-refractivity contribution in [3.63, 3.8) is 0 Å². The van der Waals surface area contributed by atoms with Gasteiger partial charge in [-0.3, -0.25) is 4.79 Å². The predicted octanol–water partition coefficient (Wildman–Crippen LogP) is 1.35. The first-order valence-electron chi connectivity index (χ1n) is 6.38. The van der Waals surface area contributed by atoms with Gasteiger partial charge in [0.1, 0.15) is 9.71 Å². The summed E-state index contributed by atoms with van der Waals surface area (Å²) in [7, 11) is 1.61. The second-order valence-electron chi connectivity index (χ2n) is 4.69. The van der Waals surface area contributed by atoms with Gasteiger partial charge in [-0.05, 0) is 12.5 Å². The zero-order chi connectivity index (χ0) is 15.9. The lowest BCUT2D eigenvalue weighted by Gasteiger charge is -2.00. The Morgan fingerprint density at radius 1 is 1.41 bits per heavy atom. The van der Waals surface area contributed by atoms with Crippen LogP contribution in [0.3, 0.4) is 0 Å². The third-order valence-corrected chi connectivity index (χ3v) is 4.27. The molecule has 9 heteroatoms. The molecule has 0 aliphatic rings. The molecule has 0 aromatic carbocycles. The molecule has 3 aromatic heterocycles. The van der Waals surface area contributed by atoms with Gasteiger partial charge in [0.2, 0.25) is 5.89 Å². The van der Waals surface area contributed by atoms with Crippen LogP contribution in [-0.4, -0.2) is 25.7 Å². The van der Waals surface area contributed by atoms with Crippen LogP contribution in [0, 0.1) is 13.8 Å². The predicted molar refractivity (Wildman–Crippen MR) is 77.8 cm³/mol. The molecule has 8 nitrogen and oxygen atoms in total. The van der Waals surface area contributed by atoms with Crippen LogP contribution >= 0.6 is 11.3 Å². The summed E-state index contributed by atoms with van der Waals surface area (Å²) in [6.07, 6.45) is 1.43. The van der Waals surface area contributed by atoms with Crippen LogP contribution < -0.4 is 5.56 Å². The Bertz CT molecular complexity index is 924. The third-order valence-electron chi connectivity index (χ3n) is 3.09. The minimum atomic E-state index is -0.543. The summed E-state index contributed by atoms with van der Waals surface area (Å²) in [5.74, 6) is 0.0776. The summed E-state index contributed by atoms with van der Waals surface area (Å²) in [5, 5.41) is 7.84. The zero-order valence-corrected chi connectivity index (χ0v) is 12.9. The average Bonchev–Trinajstić information content (AvgIpc) is 3.05. The first-order chi connectivity index (χ1) is 10.5. The summed E-state index contributed by atoms with van der Waals surface area (Å²) in [5.41, 5.74) is 0.380. The summed E-state index contributed by atoms with van der Waals surface area (Å²) in [6.45, 7) is 3.24. The van der Waals surface area contributed by atoms with E-state index in [-0.39, 0.29) is 18.1 Å². The summed E-state index contributed by atoms with van der Waals surface area (Å²) in [6, 6.07) is 0. The van der Waals surface area contributed by atoms with Crippen molar-refractivity contribution in [3.05, 3.63) is 38.9 Å². The Kier molecular flexibility index (Phi) is 3.49. The number of thiophene rings is 1. The Labute approximate surface area is 128 Å². The molecule has 0 fully saturated rings. The number of aromatic nitrogens is 4. The highest BCUT2D eigenvalue weighted by Gasteiger charge is 2.20. The second-order valence-corrected chi connectivity index (χ2v) is 5.69. The highest BCUT2D eigenvalue weighted by molar-refractivity contribution is 7.20. The van der Waals surface area contributed by atoms with Crippen LogP contribution in [0.25, 0.3) is 10.2 Å². The number of rotatable bonds is 3. The van der Waals surface area contributed by atoms with E-state index in [1.54, 1.807) is 20.9 Å². The van der Waals surface area contributed by atoms with E-state index in [4.69, 9.17) is 9.15 Å². The molecular weight excluding hydrogens is 308 g/mol. The SMILES string of the molecule is Cc1nnc(COC(=O)c2sc3ncn(C)c(=O)c3c2C)o1. The molecule has 0 saturated carbocycles. The molecular formula is C13H12N4O4S. The van der Waals surface area contributed by atoms with Crippen molar-refractivity contribution in [1.29, 1.82) is 0 Å².